The van der Waals surface area contributed by atoms with Crippen molar-refractivity contribution in [3.05, 3.63) is 75.9 Å². The van der Waals surface area contributed by atoms with Crippen molar-refractivity contribution < 1.29 is 4.79 Å². The van der Waals surface area contributed by atoms with Gasteiger partial charge in [0.2, 0.25) is 5.91 Å². The molecular weight excluding hydrogens is 366 g/mol. The number of fused-ring (bicyclic) bond motifs is 1. The molecule has 1 aromatic heterocycles. The molecule has 0 radical (unpaired) electrons. The second-order valence-electron chi connectivity index (χ2n) is 6.34. The van der Waals surface area contributed by atoms with Crippen molar-refractivity contribution >= 4 is 35.1 Å². The molecule has 0 saturated carbocycles. The van der Waals surface area contributed by atoms with Crippen LogP contribution in [0.25, 0.3) is 5.69 Å². The Morgan fingerprint density at radius 1 is 1.19 bits per heavy atom. The zero-order valence-electron chi connectivity index (χ0n) is 14.5. The Balaban J connectivity index is 1.90. The molecule has 1 aliphatic heterocycles. The maximum Gasteiger partial charge on any atom is 0.235 e. The number of anilines is 1. The quantitative estimate of drug-likeness (QED) is 0.683. The monoisotopic (exact) mass is 383 g/mol. The lowest BCUT2D eigenvalue weighted by atomic mass is 10.0. The Morgan fingerprint density at radius 3 is 2.69 bits per heavy atom. The van der Waals surface area contributed by atoms with Crippen molar-refractivity contribution in [2.24, 2.45) is 0 Å². The summed E-state index contributed by atoms with van der Waals surface area (Å²) in [5.41, 5.74) is 4.96. The summed E-state index contributed by atoms with van der Waals surface area (Å²) < 4.78 is 1.79. The van der Waals surface area contributed by atoms with Gasteiger partial charge in [-0.2, -0.15) is 5.10 Å². The van der Waals surface area contributed by atoms with Gasteiger partial charge in [-0.05, 0) is 37.1 Å². The molecule has 132 valence electrons. The summed E-state index contributed by atoms with van der Waals surface area (Å²) in [6.07, 6.45) is 0. The molecule has 4 rings (SSSR count). The van der Waals surface area contributed by atoms with Gasteiger partial charge in [-0.15, -0.1) is 11.8 Å². The second-order valence-corrected chi connectivity index (χ2v) is 7.84. The van der Waals surface area contributed by atoms with Crippen LogP contribution in [-0.4, -0.2) is 21.4 Å². The minimum absolute atomic E-state index is 0.0194. The molecule has 1 N–H and O–H groups in total. The van der Waals surface area contributed by atoms with Crippen molar-refractivity contribution in [1.82, 2.24) is 9.78 Å². The predicted octanol–water partition coefficient (Wildman–Crippen LogP) is 4.92. The maximum absolute atomic E-state index is 12.3. The number of amides is 1. The van der Waals surface area contributed by atoms with Crippen LogP contribution < -0.4 is 5.32 Å². The summed E-state index contributed by atoms with van der Waals surface area (Å²) in [6, 6.07) is 16.0. The highest BCUT2D eigenvalue weighted by Gasteiger charge is 2.30. The smallest absolute Gasteiger partial charge is 0.235 e. The van der Waals surface area contributed by atoms with Gasteiger partial charge >= 0.3 is 0 Å². The van der Waals surface area contributed by atoms with Gasteiger partial charge in [0, 0.05) is 10.6 Å². The van der Waals surface area contributed by atoms with Crippen LogP contribution >= 0.6 is 23.4 Å². The first-order chi connectivity index (χ1) is 12.5. The third kappa shape index (κ3) is 3.02. The van der Waals surface area contributed by atoms with Crippen LogP contribution in [0.2, 0.25) is 5.02 Å². The number of nitrogens with one attached hydrogen (secondary N) is 1. The number of benzene rings is 2. The lowest BCUT2D eigenvalue weighted by molar-refractivity contribution is -0.113. The van der Waals surface area contributed by atoms with Gasteiger partial charge in [0.25, 0.3) is 0 Å². The average Bonchev–Trinajstić information content (AvgIpc) is 2.84. The topological polar surface area (TPSA) is 46.9 Å². The number of hydrogen-bond acceptors (Lipinski definition) is 3. The number of thioether (sulfide) groups is 1. The molecule has 26 heavy (non-hydrogen) atoms. The van der Waals surface area contributed by atoms with Crippen LogP contribution in [0.4, 0.5) is 5.82 Å². The molecule has 0 unspecified atom stereocenters. The zero-order chi connectivity index (χ0) is 18.3. The Bertz CT molecular complexity index is 984. The van der Waals surface area contributed by atoms with E-state index in [4.69, 9.17) is 16.7 Å². The largest absolute Gasteiger partial charge is 0.310 e. The third-order valence-corrected chi connectivity index (χ3v) is 6.19. The number of aryl methyl sites for hydroxylation is 2. The molecule has 0 bridgehead atoms. The second kappa shape index (κ2) is 6.82. The van der Waals surface area contributed by atoms with Gasteiger partial charge in [0.15, 0.2) is 0 Å². The minimum atomic E-state index is -0.0194. The lowest BCUT2D eigenvalue weighted by Gasteiger charge is -2.15. The van der Waals surface area contributed by atoms with Crippen molar-refractivity contribution in [3.8, 4) is 5.69 Å². The fourth-order valence-corrected chi connectivity index (χ4v) is 4.54. The zero-order valence-corrected chi connectivity index (χ0v) is 16.1. The Hall–Kier alpha value is -2.24. The van der Waals surface area contributed by atoms with E-state index in [9.17, 15) is 4.79 Å². The Labute approximate surface area is 161 Å². The van der Waals surface area contributed by atoms with E-state index in [2.05, 4.69) is 17.4 Å². The summed E-state index contributed by atoms with van der Waals surface area (Å²) in [5.74, 6) is 1.11. The lowest BCUT2D eigenvalue weighted by Crippen LogP contribution is -2.15. The molecule has 1 atom stereocenters. The Morgan fingerprint density at radius 2 is 1.96 bits per heavy atom. The van der Waals surface area contributed by atoms with E-state index in [1.807, 2.05) is 50.2 Å². The minimum Gasteiger partial charge on any atom is -0.310 e. The number of halogens is 1. The van der Waals surface area contributed by atoms with Gasteiger partial charge in [-0.1, -0.05) is 48.0 Å². The number of hydrogen-bond donors (Lipinski definition) is 1. The molecule has 6 heteroatoms. The molecule has 0 aliphatic carbocycles. The van der Waals surface area contributed by atoms with Crippen molar-refractivity contribution in [1.29, 1.82) is 0 Å². The Kier molecular flexibility index (Phi) is 4.51. The van der Waals surface area contributed by atoms with Gasteiger partial charge in [0.05, 0.1) is 22.4 Å². The van der Waals surface area contributed by atoms with Gasteiger partial charge < -0.3 is 5.32 Å². The summed E-state index contributed by atoms with van der Waals surface area (Å²) >= 11 is 7.93. The number of aromatic nitrogens is 2. The van der Waals surface area contributed by atoms with Crippen LogP contribution in [0.15, 0.2) is 48.5 Å². The van der Waals surface area contributed by atoms with E-state index >= 15 is 0 Å². The molecule has 1 amide bonds. The normalized spacial score (nSPS) is 16.7. The predicted molar refractivity (Wildman–Crippen MR) is 107 cm³/mol. The van der Waals surface area contributed by atoms with Crippen LogP contribution in [0.5, 0.6) is 0 Å². The van der Waals surface area contributed by atoms with Crippen molar-refractivity contribution in [2.75, 3.05) is 11.1 Å². The molecule has 2 aromatic carbocycles. The molecule has 0 saturated heterocycles. The van der Waals surface area contributed by atoms with Crippen molar-refractivity contribution in [3.63, 3.8) is 0 Å². The number of carbonyl (C=O) groups excluding carboxylic acids is 1. The van der Waals surface area contributed by atoms with Crippen molar-refractivity contribution in [2.45, 2.75) is 19.1 Å². The first-order valence-electron chi connectivity index (χ1n) is 8.37. The van der Waals surface area contributed by atoms with E-state index in [1.165, 1.54) is 5.56 Å². The summed E-state index contributed by atoms with van der Waals surface area (Å²) in [5, 5.41) is 8.49. The molecule has 1 aliphatic rings. The van der Waals surface area contributed by atoms with Crippen LogP contribution in [0.3, 0.4) is 0 Å². The average molecular weight is 384 g/mol. The fraction of sp³-hybridized carbons (Fsp3) is 0.200. The summed E-state index contributed by atoms with van der Waals surface area (Å²) in [6.45, 7) is 3.95. The standard InChI is InChI=1S/C20H18ClN3OS/c1-12-8-9-15(10-16(12)21)24-20-18(13(2)23-24)19(26-11-17(25)22-20)14-6-4-3-5-7-14/h3-10,19H,11H2,1-2H3,(H,22,25)/t19-/m0/s1. The summed E-state index contributed by atoms with van der Waals surface area (Å²) in [4.78, 5) is 12.3. The number of rotatable bonds is 2. The molecule has 3 aromatic rings. The third-order valence-electron chi connectivity index (χ3n) is 4.51. The van der Waals surface area contributed by atoms with E-state index in [1.54, 1.807) is 16.4 Å². The molecule has 2 heterocycles. The highest BCUT2D eigenvalue weighted by Crippen LogP contribution is 2.43. The molecule has 4 nitrogen and oxygen atoms in total. The summed E-state index contributed by atoms with van der Waals surface area (Å²) in [7, 11) is 0. The van der Waals surface area contributed by atoms with Crippen LogP contribution in [0, 0.1) is 13.8 Å². The highest BCUT2D eigenvalue weighted by atomic mass is 35.5. The van der Waals surface area contributed by atoms with Gasteiger partial charge in [0.1, 0.15) is 5.82 Å². The van der Waals surface area contributed by atoms with E-state index in [0.717, 1.165) is 28.3 Å². The molecule has 0 spiro atoms. The van der Waals surface area contributed by atoms with Gasteiger partial charge in [-0.25, -0.2) is 4.68 Å². The molecular formula is C20H18ClN3OS. The highest BCUT2D eigenvalue weighted by molar-refractivity contribution is 8.00. The first-order valence-corrected chi connectivity index (χ1v) is 9.79. The fourth-order valence-electron chi connectivity index (χ4n) is 3.18. The van der Waals surface area contributed by atoms with E-state index in [0.29, 0.717) is 10.8 Å². The van der Waals surface area contributed by atoms with Crippen LogP contribution in [-0.2, 0) is 4.79 Å². The number of carbonyl (C=O) groups is 1. The SMILES string of the molecule is Cc1ccc(-n2nc(C)c3c2NC(=O)CS[C@H]3c2ccccc2)cc1Cl. The van der Waals surface area contributed by atoms with E-state index in [-0.39, 0.29) is 11.2 Å². The maximum atomic E-state index is 12.3. The van der Waals surface area contributed by atoms with E-state index < -0.39 is 0 Å². The number of nitrogens with zero attached hydrogens (tertiary/aromatic N) is 2. The molecule has 0 fully saturated rings. The first kappa shape index (κ1) is 17.2. The van der Waals surface area contributed by atoms with Crippen LogP contribution in [0.1, 0.15) is 27.6 Å². The van der Waals surface area contributed by atoms with Gasteiger partial charge in [-0.3, -0.25) is 4.79 Å².